The van der Waals surface area contributed by atoms with E-state index in [1.807, 2.05) is 12.5 Å². The van der Waals surface area contributed by atoms with E-state index in [0.717, 1.165) is 25.0 Å². The lowest BCUT2D eigenvalue weighted by Gasteiger charge is -2.22. The van der Waals surface area contributed by atoms with Crippen LogP contribution in [0.4, 0.5) is 0 Å². The van der Waals surface area contributed by atoms with Crippen LogP contribution in [0.3, 0.4) is 0 Å². The number of hydrogen-bond acceptors (Lipinski definition) is 3. The molecule has 112 valence electrons. The molecule has 4 heteroatoms. The summed E-state index contributed by atoms with van der Waals surface area (Å²) in [6.45, 7) is 0. The number of benzene rings is 1. The molecule has 2 atom stereocenters. The quantitative estimate of drug-likeness (QED) is 0.616. The molecule has 2 unspecified atom stereocenters. The molecule has 1 aliphatic heterocycles. The van der Waals surface area contributed by atoms with Crippen LogP contribution < -0.4 is 0 Å². The number of allylic oxidation sites excluding steroid dienone is 1. The summed E-state index contributed by atoms with van der Waals surface area (Å²) in [6, 6.07) is 8.36. The lowest BCUT2D eigenvalue weighted by atomic mass is 9.89. The number of rotatable bonds is 4. The molecule has 1 aliphatic carbocycles. The minimum atomic E-state index is -0.216. The molecule has 2 aromatic rings. The highest BCUT2D eigenvalue weighted by Crippen LogP contribution is 2.42. The molecule has 4 rings (SSSR count). The molecule has 0 bridgehead atoms. The molecule has 22 heavy (non-hydrogen) atoms. The summed E-state index contributed by atoms with van der Waals surface area (Å²) >= 11 is 0. The van der Waals surface area contributed by atoms with Crippen molar-refractivity contribution in [2.75, 3.05) is 0 Å². The molecule has 1 aromatic carbocycles. The standard InChI is InChI=1S/C18H19N3O/c22-20-16(13-6-2-1-3-7-13)10-17-14-8-4-5-9-15(14)18-11-19-12-21(17)18/h4-6,8-9,11-12,16-17H,1-3,7,10H2. The van der Waals surface area contributed by atoms with Gasteiger partial charge in [0.2, 0.25) is 0 Å². The molecule has 0 amide bonds. The number of aromatic nitrogens is 2. The lowest BCUT2D eigenvalue weighted by Crippen LogP contribution is -2.17. The van der Waals surface area contributed by atoms with Crippen molar-refractivity contribution < 1.29 is 0 Å². The fraction of sp³-hybridized carbons (Fsp3) is 0.389. The number of imidazole rings is 1. The van der Waals surface area contributed by atoms with Gasteiger partial charge in [0, 0.05) is 12.0 Å². The third-order valence-electron chi connectivity index (χ3n) is 4.93. The highest BCUT2D eigenvalue weighted by Gasteiger charge is 2.31. The summed E-state index contributed by atoms with van der Waals surface area (Å²) in [6.07, 6.45) is 11.2. The molecule has 0 radical (unpaired) electrons. The molecule has 4 nitrogen and oxygen atoms in total. The van der Waals surface area contributed by atoms with Crippen molar-refractivity contribution in [3.8, 4) is 11.3 Å². The van der Waals surface area contributed by atoms with Gasteiger partial charge in [-0.2, -0.15) is 4.91 Å². The molecule has 0 fully saturated rings. The first-order chi connectivity index (χ1) is 10.9. The van der Waals surface area contributed by atoms with Crippen molar-refractivity contribution in [1.29, 1.82) is 0 Å². The van der Waals surface area contributed by atoms with Crippen LogP contribution in [0.2, 0.25) is 0 Å². The Labute approximate surface area is 129 Å². The summed E-state index contributed by atoms with van der Waals surface area (Å²) in [4.78, 5) is 15.7. The van der Waals surface area contributed by atoms with E-state index in [1.54, 1.807) is 0 Å². The first-order valence-electron chi connectivity index (χ1n) is 8.01. The van der Waals surface area contributed by atoms with Gasteiger partial charge in [0.1, 0.15) is 6.04 Å². The Morgan fingerprint density at radius 2 is 2.23 bits per heavy atom. The Morgan fingerprint density at radius 1 is 1.32 bits per heavy atom. The maximum Gasteiger partial charge on any atom is 0.115 e. The Bertz CT molecular complexity index is 731. The second-order valence-corrected chi connectivity index (χ2v) is 6.17. The van der Waals surface area contributed by atoms with Gasteiger partial charge in [0.25, 0.3) is 0 Å². The molecule has 1 aromatic heterocycles. The van der Waals surface area contributed by atoms with Gasteiger partial charge in [-0.05, 0) is 36.8 Å². The van der Waals surface area contributed by atoms with Gasteiger partial charge in [0.15, 0.2) is 0 Å². The largest absolute Gasteiger partial charge is 0.323 e. The van der Waals surface area contributed by atoms with Gasteiger partial charge in [0.05, 0.1) is 24.3 Å². The summed E-state index contributed by atoms with van der Waals surface area (Å²) in [5.41, 5.74) is 4.88. The monoisotopic (exact) mass is 293 g/mol. The Kier molecular flexibility index (Phi) is 3.37. The van der Waals surface area contributed by atoms with E-state index >= 15 is 0 Å². The zero-order chi connectivity index (χ0) is 14.9. The summed E-state index contributed by atoms with van der Waals surface area (Å²) in [5, 5.41) is 3.45. The highest BCUT2D eigenvalue weighted by atomic mass is 16.3. The normalized spacial score (nSPS) is 20.9. The van der Waals surface area contributed by atoms with Crippen molar-refractivity contribution in [2.45, 2.75) is 44.2 Å². The van der Waals surface area contributed by atoms with E-state index in [2.05, 4.69) is 45.1 Å². The molecule has 0 saturated carbocycles. The van der Waals surface area contributed by atoms with Gasteiger partial charge >= 0.3 is 0 Å². The topological polar surface area (TPSA) is 47.2 Å². The summed E-state index contributed by atoms with van der Waals surface area (Å²) < 4.78 is 2.19. The van der Waals surface area contributed by atoms with Crippen molar-refractivity contribution in [3.63, 3.8) is 0 Å². The second kappa shape index (κ2) is 5.52. The molecule has 2 heterocycles. The smallest absolute Gasteiger partial charge is 0.115 e. The first-order valence-corrected chi connectivity index (χ1v) is 8.01. The number of nitroso groups, excluding NO2 is 1. The van der Waals surface area contributed by atoms with Gasteiger partial charge in [-0.1, -0.05) is 35.5 Å². The second-order valence-electron chi connectivity index (χ2n) is 6.17. The zero-order valence-corrected chi connectivity index (χ0v) is 12.5. The van der Waals surface area contributed by atoms with E-state index in [4.69, 9.17) is 0 Å². The summed E-state index contributed by atoms with van der Waals surface area (Å²) in [5.74, 6) is 0. The molecule has 0 spiro atoms. The third kappa shape index (κ3) is 2.10. The number of fused-ring (bicyclic) bond motifs is 3. The predicted octanol–water partition coefficient (Wildman–Crippen LogP) is 4.48. The van der Waals surface area contributed by atoms with E-state index in [1.165, 1.54) is 29.5 Å². The van der Waals surface area contributed by atoms with Crippen LogP contribution in [-0.2, 0) is 0 Å². The van der Waals surface area contributed by atoms with Crippen LogP contribution in [-0.4, -0.2) is 15.6 Å². The predicted molar refractivity (Wildman–Crippen MR) is 86.6 cm³/mol. The maximum absolute atomic E-state index is 11.4. The van der Waals surface area contributed by atoms with E-state index < -0.39 is 0 Å². The van der Waals surface area contributed by atoms with E-state index in [0.29, 0.717) is 0 Å². The van der Waals surface area contributed by atoms with Crippen molar-refractivity contribution in [1.82, 2.24) is 9.55 Å². The Hall–Kier alpha value is -2.23. The van der Waals surface area contributed by atoms with Crippen LogP contribution in [0.25, 0.3) is 11.3 Å². The van der Waals surface area contributed by atoms with Crippen LogP contribution in [0.5, 0.6) is 0 Å². The lowest BCUT2D eigenvalue weighted by molar-refractivity contribution is 0.502. The fourth-order valence-corrected chi connectivity index (χ4v) is 3.81. The fourth-order valence-electron chi connectivity index (χ4n) is 3.81. The Balaban J connectivity index is 1.68. The van der Waals surface area contributed by atoms with Crippen LogP contribution in [0.15, 0.2) is 53.6 Å². The molecule has 2 aliphatic rings. The maximum atomic E-state index is 11.4. The van der Waals surface area contributed by atoms with Gasteiger partial charge in [-0.15, -0.1) is 0 Å². The number of nitrogens with zero attached hydrogens (tertiary/aromatic N) is 3. The molecular formula is C18H19N3O. The SMILES string of the molecule is O=NC(CC1c2ccccc2-c2cncn21)C1=CCCCC1. The Morgan fingerprint density at radius 3 is 3.05 bits per heavy atom. The van der Waals surface area contributed by atoms with Crippen LogP contribution in [0, 0.1) is 4.91 Å². The van der Waals surface area contributed by atoms with Gasteiger partial charge < -0.3 is 4.57 Å². The van der Waals surface area contributed by atoms with Crippen molar-refractivity contribution >= 4 is 0 Å². The summed E-state index contributed by atoms with van der Waals surface area (Å²) in [7, 11) is 0. The molecular weight excluding hydrogens is 274 g/mol. The third-order valence-corrected chi connectivity index (χ3v) is 4.93. The minimum absolute atomic E-state index is 0.166. The average molecular weight is 293 g/mol. The number of hydrogen-bond donors (Lipinski definition) is 0. The highest BCUT2D eigenvalue weighted by molar-refractivity contribution is 5.68. The molecule has 0 saturated heterocycles. The average Bonchev–Trinajstić information content (AvgIpc) is 3.15. The first kappa shape index (κ1) is 13.4. The zero-order valence-electron chi connectivity index (χ0n) is 12.5. The van der Waals surface area contributed by atoms with Crippen molar-refractivity contribution in [2.24, 2.45) is 5.18 Å². The van der Waals surface area contributed by atoms with Crippen LogP contribution >= 0.6 is 0 Å². The van der Waals surface area contributed by atoms with E-state index in [9.17, 15) is 4.91 Å². The van der Waals surface area contributed by atoms with Crippen LogP contribution in [0.1, 0.15) is 43.7 Å². The van der Waals surface area contributed by atoms with E-state index in [-0.39, 0.29) is 12.1 Å². The van der Waals surface area contributed by atoms with Gasteiger partial charge in [-0.25, -0.2) is 4.98 Å². The van der Waals surface area contributed by atoms with Crippen molar-refractivity contribution in [3.05, 3.63) is 58.9 Å². The van der Waals surface area contributed by atoms with Gasteiger partial charge in [-0.3, -0.25) is 0 Å². The minimum Gasteiger partial charge on any atom is -0.323 e. The molecule has 0 N–H and O–H groups in total.